The van der Waals surface area contributed by atoms with Crippen molar-refractivity contribution in [1.29, 1.82) is 0 Å². The van der Waals surface area contributed by atoms with E-state index >= 15 is 0 Å². The Morgan fingerprint density at radius 1 is 1.53 bits per heavy atom. The summed E-state index contributed by atoms with van der Waals surface area (Å²) in [5.41, 5.74) is 0. The highest BCUT2D eigenvalue weighted by Gasteiger charge is 2.16. The van der Waals surface area contributed by atoms with Crippen molar-refractivity contribution < 1.29 is 4.42 Å². The molecule has 0 bridgehead atoms. The van der Waals surface area contributed by atoms with Crippen molar-refractivity contribution in [2.24, 2.45) is 0 Å². The summed E-state index contributed by atoms with van der Waals surface area (Å²) in [5.74, 6) is 0.890. The molecule has 5 heteroatoms. The van der Waals surface area contributed by atoms with Crippen molar-refractivity contribution in [3.63, 3.8) is 0 Å². The minimum atomic E-state index is 0.179. The van der Waals surface area contributed by atoms with E-state index < -0.39 is 0 Å². The molecule has 17 heavy (non-hydrogen) atoms. The first kappa shape index (κ1) is 13.1. The summed E-state index contributed by atoms with van der Waals surface area (Å²) in [5, 5.41) is 5.94. The van der Waals surface area contributed by atoms with Crippen LogP contribution in [0.5, 0.6) is 0 Å². The lowest BCUT2D eigenvalue weighted by Crippen LogP contribution is -2.22. The lowest BCUT2D eigenvalue weighted by molar-refractivity contribution is 0.419. The number of rotatable bonds is 5. The lowest BCUT2D eigenvalue weighted by Gasteiger charge is -2.14. The molecule has 0 fully saturated rings. The van der Waals surface area contributed by atoms with Crippen molar-refractivity contribution in [3.8, 4) is 0 Å². The number of thiophene rings is 1. The van der Waals surface area contributed by atoms with E-state index in [1.165, 1.54) is 4.88 Å². The molecule has 0 aliphatic carbocycles. The fourth-order valence-electron chi connectivity index (χ4n) is 1.70. The maximum atomic E-state index is 5.81. The van der Waals surface area contributed by atoms with Gasteiger partial charge in [-0.15, -0.1) is 11.3 Å². The van der Waals surface area contributed by atoms with Crippen LogP contribution in [-0.4, -0.2) is 6.54 Å². The average molecular weight is 335 g/mol. The highest BCUT2D eigenvalue weighted by molar-refractivity contribution is 9.10. The highest BCUT2D eigenvalue weighted by atomic mass is 79.9. The number of furan rings is 1. The third-order valence-corrected chi connectivity index (χ3v) is 4.34. The molecule has 0 aliphatic rings. The smallest absolute Gasteiger partial charge is 0.193 e. The van der Waals surface area contributed by atoms with Crippen LogP contribution in [0.4, 0.5) is 0 Å². The largest absolute Gasteiger partial charge is 0.448 e. The van der Waals surface area contributed by atoms with E-state index in [0.29, 0.717) is 5.22 Å². The Morgan fingerprint density at radius 3 is 2.88 bits per heavy atom. The van der Waals surface area contributed by atoms with Gasteiger partial charge in [0.1, 0.15) is 5.76 Å². The number of hydrogen-bond acceptors (Lipinski definition) is 3. The van der Waals surface area contributed by atoms with Gasteiger partial charge in [-0.25, -0.2) is 0 Å². The summed E-state index contributed by atoms with van der Waals surface area (Å²) in [6.07, 6.45) is 0.911. The van der Waals surface area contributed by atoms with Crippen LogP contribution < -0.4 is 5.32 Å². The first-order chi connectivity index (χ1) is 8.19. The van der Waals surface area contributed by atoms with Crippen LogP contribution in [0, 0.1) is 0 Å². The van der Waals surface area contributed by atoms with Gasteiger partial charge in [0, 0.05) is 21.2 Å². The van der Waals surface area contributed by atoms with Crippen LogP contribution in [0.15, 0.2) is 32.5 Å². The molecule has 0 saturated heterocycles. The average Bonchev–Trinajstić information content (AvgIpc) is 2.87. The van der Waals surface area contributed by atoms with Gasteiger partial charge in [-0.3, -0.25) is 0 Å². The molecular formula is C12H13BrClNOS. The molecule has 0 saturated carbocycles. The molecule has 0 aromatic carbocycles. The normalized spacial score (nSPS) is 12.9. The topological polar surface area (TPSA) is 25.2 Å². The van der Waals surface area contributed by atoms with E-state index in [9.17, 15) is 0 Å². The van der Waals surface area contributed by atoms with Gasteiger partial charge >= 0.3 is 0 Å². The molecule has 0 aliphatic heterocycles. The third-order valence-electron chi connectivity index (χ3n) is 2.42. The molecule has 1 atom stereocenters. The molecule has 2 nitrogen and oxygen atoms in total. The molecule has 1 unspecified atom stereocenters. The summed E-state index contributed by atoms with van der Waals surface area (Å²) in [6.45, 7) is 2.98. The second-order valence-corrected chi connectivity index (χ2v) is 5.97. The lowest BCUT2D eigenvalue weighted by atomic mass is 10.1. The quantitative estimate of drug-likeness (QED) is 0.861. The zero-order valence-electron chi connectivity index (χ0n) is 9.37. The van der Waals surface area contributed by atoms with Gasteiger partial charge in [-0.1, -0.05) is 6.92 Å². The summed E-state index contributed by atoms with van der Waals surface area (Å²) in [4.78, 5) is 1.32. The van der Waals surface area contributed by atoms with Crippen LogP contribution in [-0.2, 0) is 6.42 Å². The van der Waals surface area contributed by atoms with E-state index in [1.54, 1.807) is 17.4 Å². The van der Waals surface area contributed by atoms with Crippen molar-refractivity contribution in [2.75, 3.05) is 6.54 Å². The minimum Gasteiger partial charge on any atom is -0.448 e. The van der Waals surface area contributed by atoms with Gasteiger partial charge < -0.3 is 9.73 Å². The number of nitrogens with one attached hydrogen (secondary N) is 1. The minimum absolute atomic E-state index is 0.179. The number of likely N-dealkylation sites (N-methyl/N-ethyl adjacent to an activating group) is 1. The van der Waals surface area contributed by atoms with E-state index in [0.717, 1.165) is 23.2 Å². The molecular weight excluding hydrogens is 322 g/mol. The van der Waals surface area contributed by atoms with Gasteiger partial charge in [-0.2, -0.15) is 0 Å². The molecule has 0 radical (unpaired) electrons. The van der Waals surface area contributed by atoms with Crippen LogP contribution in [0.2, 0.25) is 5.22 Å². The number of hydrogen-bond donors (Lipinski definition) is 1. The van der Waals surface area contributed by atoms with Crippen LogP contribution in [0.1, 0.15) is 23.6 Å². The zero-order chi connectivity index (χ0) is 12.3. The Morgan fingerprint density at radius 2 is 2.35 bits per heavy atom. The van der Waals surface area contributed by atoms with Crippen LogP contribution in [0.3, 0.4) is 0 Å². The zero-order valence-corrected chi connectivity index (χ0v) is 12.5. The fraction of sp³-hybridized carbons (Fsp3) is 0.333. The Labute approximate surface area is 118 Å². The van der Waals surface area contributed by atoms with Gasteiger partial charge in [0.25, 0.3) is 0 Å². The van der Waals surface area contributed by atoms with E-state index in [1.807, 2.05) is 6.07 Å². The Hall–Kier alpha value is -0.290. The van der Waals surface area contributed by atoms with Crippen LogP contribution in [0.25, 0.3) is 0 Å². The summed E-state index contributed by atoms with van der Waals surface area (Å²) in [7, 11) is 0. The SMILES string of the molecule is CCNC(Cc1cc(Br)cs1)c1ccc(Cl)o1. The Bertz CT molecular complexity index is 482. The predicted molar refractivity (Wildman–Crippen MR) is 75.9 cm³/mol. The first-order valence-electron chi connectivity index (χ1n) is 5.40. The standard InChI is InChI=1S/C12H13BrClNOS/c1-2-15-10(11-3-4-12(14)16-11)6-9-5-8(13)7-17-9/h3-5,7,10,15H,2,6H2,1H3. The molecule has 0 amide bonds. The number of halogens is 2. The van der Waals surface area contributed by atoms with Gasteiger partial charge in [-0.05, 0) is 52.3 Å². The van der Waals surface area contributed by atoms with Crippen molar-refractivity contribution >= 4 is 38.9 Å². The van der Waals surface area contributed by atoms with Gasteiger partial charge in [0.05, 0.1) is 6.04 Å². The molecule has 1 N–H and O–H groups in total. The van der Waals surface area contributed by atoms with Crippen molar-refractivity contribution in [1.82, 2.24) is 5.32 Å². The summed E-state index contributed by atoms with van der Waals surface area (Å²) >= 11 is 11.0. The summed E-state index contributed by atoms with van der Waals surface area (Å²) < 4.78 is 6.60. The van der Waals surface area contributed by atoms with Gasteiger partial charge in [0.2, 0.25) is 0 Å². The second kappa shape index (κ2) is 6.05. The molecule has 92 valence electrons. The first-order valence-corrected chi connectivity index (χ1v) is 7.45. The molecule has 2 aromatic heterocycles. The monoisotopic (exact) mass is 333 g/mol. The van der Waals surface area contributed by atoms with E-state index in [-0.39, 0.29) is 6.04 Å². The van der Waals surface area contributed by atoms with Crippen LogP contribution >= 0.6 is 38.9 Å². The maximum Gasteiger partial charge on any atom is 0.193 e. The highest BCUT2D eigenvalue weighted by Crippen LogP contribution is 2.27. The van der Waals surface area contributed by atoms with E-state index in [2.05, 4.69) is 39.6 Å². The predicted octanol–water partition coefficient (Wildman–Crippen LogP) is 4.65. The fourth-order valence-corrected chi connectivity index (χ4v) is 3.35. The maximum absolute atomic E-state index is 5.81. The molecule has 2 aromatic rings. The van der Waals surface area contributed by atoms with Crippen molar-refractivity contribution in [3.05, 3.63) is 43.9 Å². The third kappa shape index (κ3) is 3.58. The summed E-state index contributed by atoms with van der Waals surface area (Å²) in [6, 6.07) is 6.03. The Kier molecular flexibility index (Phi) is 4.68. The molecule has 0 spiro atoms. The van der Waals surface area contributed by atoms with E-state index in [4.69, 9.17) is 16.0 Å². The van der Waals surface area contributed by atoms with Gasteiger partial charge in [0.15, 0.2) is 5.22 Å². The molecule has 2 rings (SSSR count). The Balaban J connectivity index is 2.12. The second-order valence-electron chi connectivity index (χ2n) is 3.69. The van der Waals surface area contributed by atoms with Crippen molar-refractivity contribution in [2.45, 2.75) is 19.4 Å². The molecule has 2 heterocycles.